The van der Waals surface area contributed by atoms with Crippen molar-refractivity contribution in [3.05, 3.63) is 0 Å². The fourth-order valence-electron chi connectivity index (χ4n) is 2.68. The predicted molar refractivity (Wildman–Crippen MR) is 64.3 cm³/mol. The van der Waals surface area contributed by atoms with E-state index in [0.717, 1.165) is 45.4 Å². The molecule has 0 spiro atoms. The Morgan fingerprint density at radius 1 is 1.38 bits per heavy atom. The van der Waals surface area contributed by atoms with E-state index in [0.29, 0.717) is 6.04 Å². The molecule has 16 heavy (non-hydrogen) atoms. The molecule has 2 aliphatic rings. The first-order valence-electron chi connectivity index (χ1n) is 6.45. The smallest absolute Gasteiger partial charge is 0.224 e. The van der Waals surface area contributed by atoms with Gasteiger partial charge in [-0.15, -0.1) is 0 Å². The van der Waals surface area contributed by atoms with Crippen LogP contribution in [0.3, 0.4) is 0 Å². The van der Waals surface area contributed by atoms with Crippen LogP contribution in [-0.2, 0) is 4.79 Å². The summed E-state index contributed by atoms with van der Waals surface area (Å²) < 4.78 is 0. The van der Waals surface area contributed by atoms with E-state index in [1.165, 1.54) is 6.42 Å². The number of nitrogens with one attached hydrogen (secondary N) is 2. The number of hydrogen-bond acceptors (Lipinski definition) is 3. The summed E-state index contributed by atoms with van der Waals surface area (Å²) in [5.41, 5.74) is 0. The highest BCUT2D eigenvalue weighted by Gasteiger charge is 2.24. The maximum absolute atomic E-state index is 12.0. The highest BCUT2D eigenvalue weighted by molar-refractivity contribution is 5.79. The van der Waals surface area contributed by atoms with Crippen LogP contribution in [0.1, 0.15) is 25.7 Å². The van der Waals surface area contributed by atoms with Gasteiger partial charge in [0.2, 0.25) is 5.91 Å². The lowest BCUT2D eigenvalue weighted by molar-refractivity contribution is -0.126. The van der Waals surface area contributed by atoms with Gasteiger partial charge in [-0.05, 0) is 45.8 Å². The molecule has 0 aliphatic carbocycles. The molecule has 2 atom stereocenters. The van der Waals surface area contributed by atoms with Crippen LogP contribution in [0.15, 0.2) is 0 Å². The van der Waals surface area contributed by atoms with Crippen molar-refractivity contribution in [1.29, 1.82) is 0 Å². The van der Waals surface area contributed by atoms with Crippen molar-refractivity contribution in [2.45, 2.75) is 31.7 Å². The number of likely N-dealkylation sites (N-methyl/N-ethyl adjacent to an activating group) is 1. The van der Waals surface area contributed by atoms with Crippen molar-refractivity contribution < 1.29 is 4.79 Å². The van der Waals surface area contributed by atoms with Gasteiger partial charge < -0.3 is 15.5 Å². The Hall–Kier alpha value is -0.610. The number of nitrogens with zero attached hydrogens (tertiary/aromatic N) is 1. The topological polar surface area (TPSA) is 44.4 Å². The monoisotopic (exact) mass is 225 g/mol. The van der Waals surface area contributed by atoms with Gasteiger partial charge >= 0.3 is 0 Å². The van der Waals surface area contributed by atoms with Crippen LogP contribution in [0, 0.1) is 5.92 Å². The molecule has 2 aliphatic heterocycles. The highest BCUT2D eigenvalue weighted by atomic mass is 16.2. The average molecular weight is 225 g/mol. The van der Waals surface area contributed by atoms with Crippen LogP contribution in [0.25, 0.3) is 0 Å². The Bertz CT molecular complexity index is 238. The Morgan fingerprint density at radius 3 is 2.94 bits per heavy atom. The number of rotatable bonds is 2. The van der Waals surface area contributed by atoms with E-state index in [4.69, 9.17) is 0 Å². The Kier molecular flexibility index (Phi) is 4.18. The second kappa shape index (κ2) is 5.64. The number of amides is 1. The van der Waals surface area contributed by atoms with Crippen molar-refractivity contribution in [3.63, 3.8) is 0 Å². The quantitative estimate of drug-likeness (QED) is 0.705. The van der Waals surface area contributed by atoms with Crippen molar-refractivity contribution in [2.24, 2.45) is 5.92 Å². The van der Waals surface area contributed by atoms with E-state index in [1.54, 1.807) is 0 Å². The third kappa shape index (κ3) is 3.19. The van der Waals surface area contributed by atoms with Gasteiger partial charge in [-0.3, -0.25) is 4.79 Å². The predicted octanol–water partition coefficient (Wildman–Crippen LogP) is 0.196. The molecule has 2 rings (SSSR count). The van der Waals surface area contributed by atoms with Gasteiger partial charge in [-0.2, -0.15) is 0 Å². The molecular formula is C12H23N3O. The SMILES string of the molecule is CN1CCCC(NC(=O)[C@H]2CCCNC2)C1. The highest BCUT2D eigenvalue weighted by Crippen LogP contribution is 2.12. The van der Waals surface area contributed by atoms with E-state index >= 15 is 0 Å². The third-order valence-corrected chi connectivity index (χ3v) is 3.64. The summed E-state index contributed by atoms with van der Waals surface area (Å²) >= 11 is 0. The zero-order valence-electron chi connectivity index (χ0n) is 10.2. The van der Waals surface area contributed by atoms with Crippen LogP contribution >= 0.6 is 0 Å². The summed E-state index contributed by atoms with van der Waals surface area (Å²) in [7, 11) is 2.13. The lowest BCUT2D eigenvalue weighted by atomic mass is 9.97. The van der Waals surface area contributed by atoms with Crippen LogP contribution in [0.5, 0.6) is 0 Å². The summed E-state index contributed by atoms with van der Waals surface area (Å²) in [6.07, 6.45) is 4.50. The van der Waals surface area contributed by atoms with Crippen LogP contribution in [-0.4, -0.2) is 50.1 Å². The molecule has 1 amide bonds. The van der Waals surface area contributed by atoms with Crippen molar-refractivity contribution in [2.75, 3.05) is 33.2 Å². The largest absolute Gasteiger partial charge is 0.352 e. The fraction of sp³-hybridized carbons (Fsp3) is 0.917. The van der Waals surface area contributed by atoms with Crippen LogP contribution < -0.4 is 10.6 Å². The molecule has 2 heterocycles. The van der Waals surface area contributed by atoms with E-state index in [1.807, 2.05) is 0 Å². The van der Waals surface area contributed by atoms with Crippen molar-refractivity contribution in [3.8, 4) is 0 Å². The van der Waals surface area contributed by atoms with Crippen LogP contribution in [0.2, 0.25) is 0 Å². The second-order valence-electron chi connectivity index (χ2n) is 5.15. The molecule has 0 aromatic carbocycles. The molecule has 0 bridgehead atoms. The van der Waals surface area contributed by atoms with Gasteiger partial charge in [0.15, 0.2) is 0 Å². The van der Waals surface area contributed by atoms with Gasteiger partial charge in [0.1, 0.15) is 0 Å². The number of hydrogen-bond donors (Lipinski definition) is 2. The van der Waals surface area contributed by atoms with Gasteiger partial charge in [0, 0.05) is 19.1 Å². The minimum Gasteiger partial charge on any atom is -0.352 e. The molecule has 0 radical (unpaired) electrons. The molecule has 0 aromatic heterocycles. The fourth-order valence-corrected chi connectivity index (χ4v) is 2.68. The first kappa shape index (κ1) is 11.9. The zero-order valence-corrected chi connectivity index (χ0v) is 10.2. The molecule has 2 N–H and O–H groups in total. The summed E-state index contributed by atoms with van der Waals surface area (Å²) in [6.45, 7) is 4.09. The summed E-state index contributed by atoms with van der Waals surface area (Å²) in [5, 5.41) is 6.49. The lowest BCUT2D eigenvalue weighted by Gasteiger charge is -2.32. The lowest BCUT2D eigenvalue weighted by Crippen LogP contribution is -2.50. The van der Waals surface area contributed by atoms with E-state index in [2.05, 4.69) is 22.6 Å². The molecule has 4 nitrogen and oxygen atoms in total. The van der Waals surface area contributed by atoms with Gasteiger partial charge in [0.25, 0.3) is 0 Å². The Labute approximate surface area is 97.8 Å². The molecule has 4 heteroatoms. The van der Waals surface area contributed by atoms with E-state index < -0.39 is 0 Å². The van der Waals surface area contributed by atoms with Gasteiger partial charge in [-0.25, -0.2) is 0 Å². The first-order valence-corrected chi connectivity index (χ1v) is 6.45. The van der Waals surface area contributed by atoms with Crippen molar-refractivity contribution in [1.82, 2.24) is 15.5 Å². The molecule has 92 valence electrons. The standard InChI is InChI=1S/C12H23N3O/c1-15-7-3-5-11(9-15)14-12(16)10-4-2-6-13-8-10/h10-11,13H,2-9H2,1H3,(H,14,16)/t10-,11?/m0/s1. The molecule has 1 unspecified atom stereocenters. The second-order valence-corrected chi connectivity index (χ2v) is 5.15. The van der Waals surface area contributed by atoms with Crippen molar-refractivity contribution >= 4 is 5.91 Å². The molecule has 0 saturated carbocycles. The number of piperidine rings is 2. The number of likely N-dealkylation sites (tertiary alicyclic amines) is 1. The van der Waals surface area contributed by atoms with Gasteiger partial charge in [-0.1, -0.05) is 0 Å². The summed E-state index contributed by atoms with van der Waals surface area (Å²) in [6, 6.07) is 0.369. The Balaban J connectivity index is 1.77. The molecule has 2 saturated heterocycles. The first-order chi connectivity index (χ1) is 7.75. The number of carbonyl (C=O) groups excluding carboxylic acids is 1. The summed E-state index contributed by atoms with van der Waals surface area (Å²) in [5.74, 6) is 0.452. The Morgan fingerprint density at radius 2 is 2.25 bits per heavy atom. The minimum atomic E-state index is 0.195. The maximum Gasteiger partial charge on any atom is 0.224 e. The zero-order chi connectivity index (χ0) is 11.4. The minimum absolute atomic E-state index is 0.195. The molecule has 2 fully saturated rings. The van der Waals surface area contributed by atoms with E-state index in [9.17, 15) is 4.79 Å². The summed E-state index contributed by atoms with van der Waals surface area (Å²) in [4.78, 5) is 14.3. The third-order valence-electron chi connectivity index (χ3n) is 3.64. The van der Waals surface area contributed by atoms with Crippen LogP contribution in [0.4, 0.5) is 0 Å². The molecular weight excluding hydrogens is 202 g/mol. The maximum atomic E-state index is 12.0. The average Bonchev–Trinajstić information content (AvgIpc) is 2.30. The molecule has 0 aromatic rings. The normalized spacial score (nSPS) is 32.3. The van der Waals surface area contributed by atoms with Gasteiger partial charge in [0.05, 0.1) is 5.92 Å². The van der Waals surface area contributed by atoms with E-state index in [-0.39, 0.29) is 11.8 Å². The number of carbonyl (C=O) groups is 1.